The summed E-state index contributed by atoms with van der Waals surface area (Å²) in [5.74, 6) is -0.874. The van der Waals surface area contributed by atoms with Crippen molar-refractivity contribution in [3.8, 4) is 11.3 Å². The van der Waals surface area contributed by atoms with Crippen molar-refractivity contribution in [3.63, 3.8) is 0 Å². The molecule has 4 heterocycles. The maximum absolute atomic E-state index is 14.8. The van der Waals surface area contributed by atoms with Crippen molar-refractivity contribution in [2.24, 2.45) is 0 Å². The summed E-state index contributed by atoms with van der Waals surface area (Å²) < 4.78 is 35.3. The van der Waals surface area contributed by atoms with Crippen LogP contribution < -0.4 is 9.80 Å². The number of halogens is 2. The first-order valence-corrected chi connectivity index (χ1v) is 11.7. The van der Waals surface area contributed by atoms with Crippen molar-refractivity contribution < 1.29 is 13.5 Å². The summed E-state index contributed by atoms with van der Waals surface area (Å²) >= 11 is 1.37. The van der Waals surface area contributed by atoms with Crippen LogP contribution in [0.1, 0.15) is 24.3 Å². The Labute approximate surface area is 200 Å². The molecule has 1 aliphatic rings. The molecule has 0 unspecified atom stereocenters. The maximum atomic E-state index is 14.8. The predicted octanol–water partition coefficient (Wildman–Crippen LogP) is 4.77. The number of morpholine rings is 1. The fraction of sp³-hybridized carbons (Fsp3) is 0.333. The molecule has 1 fully saturated rings. The third kappa shape index (κ3) is 4.30. The molecule has 0 radical (unpaired) electrons. The normalized spacial score (nSPS) is 18.5. The zero-order chi connectivity index (χ0) is 24.0. The highest BCUT2D eigenvalue weighted by molar-refractivity contribution is 7.22. The fourth-order valence-corrected chi connectivity index (χ4v) is 5.00. The zero-order valence-electron chi connectivity index (χ0n) is 19.3. The maximum Gasteiger partial charge on any atom is 0.228 e. The van der Waals surface area contributed by atoms with Crippen LogP contribution in [0.2, 0.25) is 0 Å². The monoisotopic (exact) mass is 482 g/mol. The molecule has 0 spiro atoms. The van der Waals surface area contributed by atoms with Gasteiger partial charge in [0.2, 0.25) is 5.95 Å². The van der Waals surface area contributed by atoms with E-state index in [0.29, 0.717) is 35.1 Å². The Hall–Kier alpha value is -3.24. The number of aromatic nitrogens is 4. The fourth-order valence-electron chi connectivity index (χ4n) is 4.06. The Morgan fingerprint density at radius 2 is 1.91 bits per heavy atom. The number of nitrogens with zero attached hydrogens (tertiary/aromatic N) is 6. The highest BCUT2D eigenvalue weighted by Gasteiger charge is 2.30. The first-order chi connectivity index (χ1) is 16.3. The molecule has 1 aliphatic heterocycles. The van der Waals surface area contributed by atoms with Gasteiger partial charge in [0.25, 0.3) is 0 Å². The van der Waals surface area contributed by atoms with Crippen molar-refractivity contribution in [2.75, 3.05) is 37.0 Å². The average molecular weight is 483 g/mol. The number of hydrogen-bond donors (Lipinski definition) is 0. The van der Waals surface area contributed by atoms with Crippen LogP contribution in [0, 0.1) is 18.6 Å². The molecular weight excluding hydrogens is 458 g/mol. The molecule has 1 saturated heterocycles. The molecule has 0 amide bonds. The SMILES string of the molecule is Cc1cc([C@H]2CN(c3nc(-c4ccc(F)cc4F)c4sc(N(C)C)nc4n3)C[C@@H](C)O2)ccn1. The van der Waals surface area contributed by atoms with Gasteiger partial charge in [0.15, 0.2) is 10.8 Å². The molecule has 10 heteroatoms. The van der Waals surface area contributed by atoms with Crippen LogP contribution in [0.5, 0.6) is 0 Å². The van der Waals surface area contributed by atoms with Gasteiger partial charge in [-0.1, -0.05) is 11.3 Å². The summed E-state index contributed by atoms with van der Waals surface area (Å²) in [6.45, 7) is 5.04. The molecule has 0 bridgehead atoms. The Balaban J connectivity index is 1.61. The van der Waals surface area contributed by atoms with Crippen molar-refractivity contribution in [1.29, 1.82) is 0 Å². The van der Waals surface area contributed by atoms with E-state index in [0.717, 1.165) is 22.5 Å². The zero-order valence-corrected chi connectivity index (χ0v) is 20.1. The summed E-state index contributed by atoms with van der Waals surface area (Å²) in [5, 5.41) is 0.728. The molecular formula is C24H24F2N6OS. The van der Waals surface area contributed by atoms with E-state index in [2.05, 4.69) is 9.97 Å². The number of rotatable bonds is 4. The summed E-state index contributed by atoms with van der Waals surface area (Å²) in [6.07, 6.45) is 1.50. The molecule has 3 aromatic heterocycles. The number of pyridine rings is 1. The number of thiazole rings is 1. The number of aryl methyl sites for hydroxylation is 1. The lowest BCUT2D eigenvalue weighted by molar-refractivity contribution is -0.0179. The minimum Gasteiger partial charge on any atom is -0.367 e. The van der Waals surface area contributed by atoms with Gasteiger partial charge in [-0.05, 0) is 43.7 Å². The predicted molar refractivity (Wildman–Crippen MR) is 129 cm³/mol. The summed E-state index contributed by atoms with van der Waals surface area (Å²) in [4.78, 5) is 22.3. The van der Waals surface area contributed by atoms with E-state index in [1.807, 2.05) is 49.9 Å². The van der Waals surface area contributed by atoms with E-state index in [9.17, 15) is 8.78 Å². The van der Waals surface area contributed by atoms with Crippen molar-refractivity contribution in [2.45, 2.75) is 26.1 Å². The summed E-state index contributed by atoms with van der Waals surface area (Å²) in [5.41, 5.74) is 3.04. The lowest BCUT2D eigenvalue weighted by atomic mass is 10.1. The topological polar surface area (TPSA) is 67.3 Å². The molecule has 34 heavy (non-hydrogen) atoms. The van der Waals surface area contributed by atoms with E-state index in [1.165, 1.54) is 23.5 Å². The molecule has 1 aromatic carbocycles. The third-order valence-electron chi connectivity index (χ3n) is 5.64. The Morgan fingerprint density at radius 1 is 1.09 bits per heavy atom. The second-order valence-corrected chi connectivity index (χ2v) is 9.59. The number of hydrogen-bond acceptors (Lipinski definition) is 8. The standard InChI is InChI=1S/C24H24F2N6OS/c1-13-9-15(7-8-27-13)19-12-32(11-14(2)33-19)23-28-20(17-6-5-16(25)10-18(17)26)21-22(29-23)30-24(34-21)31(3)4/h5-10,14,19H,11-12H2,1-4H3/t14-,19-/m1/s1. The van der Waals surface area contributed by atoms with Crippen molar-refractivity contribution in [3.05, 3.63) is 59.4 Å². The van der Waals surface area contributed by atoms with Gasteiger partial charge in [-0.3, -0.25) is 4.98 Å². The van der Waals surface area contributed by atoms with Gasteiger partial charge in [0.05, 0.1) is 18.3 Å². The third-order valence-corrected chi connectivity index (χ3v) is 6.85. The van der Waals surface area contributed by atoms with Gasteiger partial charge in [-0.15, -0.1) is 0 Å². The smallest absolute Gasteiger partial charge is 0.228 e. The molecule has 2 atom stereocenters. The van der Waals surface area contributed by atoms with E-state index in [-0.39, 0.29) is 17.8 Å². The molecule has 7 nitrogen and oxygen atoms in total. The van der Waals surface area contributed by atoms with Crippen LogP contribution in [0.25, 0.3) is 21.6 Å². The molecule has 0 aliphatic carbocycles. The lowest BCUT2D eigenvalue weighted by Crippen LogP contribution is -2.43. The highest BCUT2D eigenvalue weighted by atomic mass is 32.1. The van der Waals surface area contributed by atoms with Gasteiger partial charge in [-0.25, -0.2) is 13.8 Å². The van der Waals surface area contributed by atoms with Crippen LogP contribution in [0.15, 0.2) is 36.5 Å². The highest BCUT2D eigenvalue weighted by Crippen LogP contribution is 2.37. The van der Waals surface area contributed by atoms with E-state index in [1.54, 1.807) is 6.20 Å². The van der Waals surface area contributed by atoms with Crippen LogP contribution in [-0.4, -0.2) is 53.2 Å². The van der Waals surface area contributed by atoms with E-state index >= 15 is 0 Å². The molecule has 176 valence electrons. The number of ether oxygens (including phenoxy) is 1. The lowest BCUT2D eigenvalue weighted by Gasteiger charge is -2.37. The molecule has 4 aromatic rings. The Morgan fingerprint density at radius 3 is 2.65 bits per heavy atom. The second kappa shape index (κ2) is 8.84. The van der Waals surface area contributed by atoms with Crippen LogP contribution in [-0.2, 0) is 4.74 Å². The molecule has 0 saturated carbocycles. The second-order valence-electron chi connectivity index (χ2n) is 8.61. The first-order valence-electron chi connectivity index (χ1n) is 10.9. The van der Waals surface area contributed by atoms with E-state index < -0.39 is 11.6 Å². The van der Waals surface area contributed by atoms with Gasteiger partial charge >= 0.3 is 0 Å². The van der Waals surface area contributed by atoms with Crippen molar-refractivity contribution >= 4 is 32.8 Å². The first kappa shape index (κ1) is 22.5. The quantitative estimate of drug-likeness (QED) is 0.415. The Bertz CT molecular complexity index is 1360. The average Bonchev–Trinajstić information content (AvgIpc) is 3.23. The minimum atomic E-state index is -0.675. The van der Waals surface area contributed by atoms with Crippen LogP contribution in [0.4, 0.5) is 19.9 Å². The van der Waals surface area contributed by atoms with Gasteiger partial charge in [0, 0.05) is 44.2 Å². The largest absolute Gasteiger partial charge is 0.367 e. The van der Waals surface area contributed by atoms with Gasteiger partial charge in [-0.2, -0.15) is 9.97 Å². The van der Waals surface area contributed by atoms with E-state index in [4.69, 9.17) is 14.7 Å². The summed E-state index contributed by atoms with van der Waals surface area (Å²) in [7, 11) is 3.77. The van der Waals surface area contributed by atoms with Gasteiger partial charge < -0.3 is 14.5 Å². The number of benzene rings is 1. The Kier molecular flexibility index (Phi) is 5.86. The number of fused-ring (bicyclic) bond motifs is 1. The molecule has 5 rings (SSSR count). The van der Waals surface area contributed by atoms with Crippen LogP contribution in [0.3, 0.4) is 0 Å². The van der Waals surface area contributed by atoms with Crippen LogP contribution >= 0.6 is 11.3 Å². The van der Waals surface area contributed by atoms with Crippen molar-refractivity contribution in [1.82, 2.24) is 19.9 Å². The summed E-state index contributed by atoms with van der Waals surface area (Å²) in [6, 6.07) is 7.47. The molecule has 0 N–H and O–H groups in total. The minimum absolute atomic E-state index is 0.0784. The number of anilines is 2. The van der Waals surface area contributed by atoms with Gasteiger partial charge in [0.1, 0.15) is 22.4 Å².